The summed E-state index contributed by atoms with van der Waals surface area (Å²) in [7, 11) is 0. The molecule has 2 bridgehead atoms. The molecule has 28 heavy (non-hydrogen) atoms. The predicted octanol–water partition coefficient (Wildman–Crippen LogP) is 1.98. The fourth-order valence-corrected chi connectivity index (χ4v) is 5.14. The Balaban J connectivity index is 1.68. The molecule has 0 saturated heterocycles. The number of carbonyl (C=O) groups is 1. The lowest BCUT2D eigenvalue weighted by atomic mass is 9.57. The zero-order chi connectivity index (χ0) is 19.6. The van der Waals surface area contributed by atoms with E-state index in [4.69, 9.17) is 4.74 Å². The summed E-state index contributed by atoms with van der Waals surface area (Å²) < 4.78 is 9.57. The summed E-state index contributed by atoms with van der Waals surface area (Å²) in [4.78, 5) is 38.9. The van der Waals surface area contributed by atoms with Gasteiger partial charge in [-0.1, -0.05) is 42.8 Å². The highest BCUT2D eigenvalue weighted by Crippen LogP contribution is 2.58. The Hall–Kier alpha value is -3.09. The molecule has 1 aromatic carbocycles. The first-order chi connectivity index (χ1) is 13.6. The molecule has 0 N–H and O–H groups in total. The maximum atomic E-state index is 13.2. The molecule has 2 aliphatic carbocycles. The minimum atomic E-state index is -0.373. The minimum absolute atomic E-state index is 0.0585. The molecule has 0 radical (unpaired) electrons. The molecule has 0 amide bonds. The average molecular weight is 379 g/mol. The fourth-order valence-electron chi connectivity index (χ4n) is 5.14. The van der Waals surface area contributed by atoms with Gasteiger partial charge in [-0.15, -0.1) is 0 Å². The van der Waals surface area contributed by atoms with E-state index in [1.807, 2.05) is 25.1 Å². The van der Waals surface area contributed by atoms with Gasteiger partial charge in [0.15, 0.2) is 0 Å². The smallest absolute Gasteiger partial charge is 0.352 e. The van der Waals surface area contributed by atoms with Crippen LogP contribution in [0.4, 0.5) is 0 Å². The van der Waals surface area contributed by atoms with Crippen LogP contribution in [0.15, 0.2) is 63.2 Å². The molecule has 6 rings (SSSR count). The molecule has 7 heteroatoms. The monoisotopic (exact) mass is 379 g/mol. The molecule has 2 aliphatic heterocycles. The largest absolute Gasteiger partial charge is 0.463 e. The third kappa shape index (κ3) is 1.96. The Morgan fingerprint density at radius 1 is 0.964 bits per heavy atom. The SMILES string of the molecule is CCOC(=O)C1=C(CC)C2C1C1C=CC2n2c(=O)n(-c3ccccc3)c(=O)n21. The van der Waals surface area contributed by atoms with E-state index in [1.165, 1.54) is 9.25 Å². The number of rotatable bonds is 4. The van der Waals surface area contributed by atoms with Gasteiger partial charge in [0, 0.05) is 17.4 Å². The van der Waals surface area contributed by atoms with Crippen LogP contribution in [0.25, 0.3) is 5.69 Å². The van der Waals surface area contributed by atoms with Gasteiger partial charge in [0.1, 0.15) is 0 Å². The van der Waals surface area contributed by atoms with Gasteiger partial charge in [-0.2, -0.15) is 0 Å². The van der Waals surface area contributed by atoms with Crippen molar-refractivity contribution < 1.29 is 9.53 Å². The van der Waals surface area contributed by atoms with Crippen molar-refractivity contribution in [1.82, 2.24) is 13.9 Å². The summed E-state index contributed by atoms with van der Waals surface area (Å²) in [6.45, 7) is 4.12. The number of nitrogens with zero attached hydrogens (tertiary/aromatic N) is 3. The summed E-state index contributed by atoms with van der Waals surface area (Å²) in [6, 6.07) is 8.33. The summed E-state index contributed by atoms with van der Waals surface area (Å²) >= 11 is 0. The summed E-state index contributed by atoms with van der Waals surface area (Å²) in [6.07, 6.45) is 4.68. The predicted molar refractivity (Wildman–Crippen MR) is 102 cm³/mol. The number of hydrogen-bond donors (Lipinski definition) is 0. The van der Waals surface area contributed by atoms with E-state index in [0.717, 1.165) is 12.0 Å². The molecule has 3 heterocycles. The van der Waals surface area contributed by atoms with E-state index in [-0.39, 0.29) is 41.3 Å². The van der Waals surface area contributed by atoms with Crippen LogP contribution in [0.3, 0.4) is 0 Å². The van der Waals surface area contributed by atoms with Crippen LogP contribution >= 0.6 is 0 Å². The number of para-hydroxylation sites is 1. The van der Waals surface area contributed by atoms with E-state index in [9.17, 15) is 14.4 Å². The number of benzene rings is 1. The zero-order valence-corrected chi connectivity index (χ0v) is 15.7. The molecular weight excluding hydrogens is 358 g/mol. The quantitative estimate of drug-likeness (QED) is 0.601. The van der Waals surface area contributed by atoms with Crippen LogP contribution in [0.5, 0.6) is 0 Å². The average Bonchev–Trinajstić information content (AvgIpc) is 2.95. The first kappa shape index (κ1) is 17.0. The van der Waals surface area contributed by atoms with Crippen molar-refractivity contribution in [3.05, 3.63) is 74.6 Å². The molecule has 4 aliphatic rings. The van der Waals surface area contributed by atoms with Gasteiger partial charge in [0.05, 0.1) is 24.4 Å². The van der Waals surface area contributed by atoms with Gasteiger partial charge in [0.2, 0.25) is 0 Å². The topological polar surface area (TPSA) is 75.2 Å². The van der Waals surface area contributed by atoms with Crippen molar-refractivity contribution in [2.24, 2.45) is 11.8 Å². The second-order valence-corrected chi connectivity index (χ2v) is 7.36. The first-order valence-electron chi connectivity index (χ1n) is 9.70. The van der Waals surface area contributed by atoms with Crippen molar-refractivity contribution >= 4 is 5.97 Å². The number of ether oxygens (including phenoxy) is 1. The Morgan fingerprint density at radius 3 is 2.14 bits per heavy atom. The van der Waals surface area contributed by atoms with Gasteiger partial charge in [-0.3, -0.25) is 0 Å². The van der Waals surface area contributed by atoms with Crippen LogP contribution in [0, 0.1) is 11.8 Å². The standard InChI is InChI=1S/C21H21N3O4/c1-3-13-16-14-10-11-15(18(16)17(13)19(25)28-4-2)24-21(27)22(20(26)23(14)24)12-8-6-5-7-9-12/h5-11,14-16,18H,3-4H2,1-2H3. The molecule has 0 fully saturated rings. The van der Waals surface area contributed by atoms with Gasteiger partial charge in [-0.25, -0.2) is 28.3 Å². The third-order valence-electron chi connectivity index (χ3n) is 6.17. The highest BCUT2D eigenvalue weighted by atomic mass is 16.5. The summed E-state index contributed by atoms with van der Waals surface area (Å²) in [5.41, 5.74) is 1.57. The molecule has 4 unspecified atom stereocenters. The molecule has 0 saturated carbocycles. The van der Waals surface area contributed by atoms with E-state index in [1.54, 1.807) is 35.9 Å². The van der Waals surface area contributed by atoms with Crippen molar-refractivity contribution in [2.75, 3.05) is 6.61 Å². The highest BCUT2D eigenvalue weighted by molar-refractivity contribution is 5.93. The highest BCUT2D eigenvalue weighted by Gasteiger charge is 2.57. The second kappa shape index (κ2) is 5.95. The van der Waals surface area contributed by atoms with Crippen molar-refractivity contribution in [3.8, 4) is 5.69 Å². The molecule has 0 spiro atoms. The van der Waals surface area contributed by atoms with Gasteiger partial charge >= 0.3 is 17.3 Å². The molecular formula is C21H21N3O4. The molecule has 144 valence electrons. The van der Waals surface area contributed by atoms with E-state index in [2.05, 4.69) is 0 Å². The molecule has 1 aromatic heterocycles. The maximum Gasteiger partial charge on any atom is 0.352 e. The first-order valence-corrected chi connectivity index (χ1v) is 9.70. The Morgan fingerprint density at radius 2 is 1.57 bits per heavy atom. The Labute approximate surface area is 161 Å². The van der Waals surface area contributed by atoms with Gasteiger partial charge in [0.25, 0.3) is 0 Å². The van der Waals surface area contributed by atoms with E-state index >= 15 is 0 Å². The molecule has 7 nitrogen and oxygen atoms in total. The normalized spacial score (nSPS) is 26.6. The zero-order valence-electron chi connectivity index (χ0n) is 15.7. The van der Waals surface area contributed by atoms with Crippen molar-refractivity contribution in [1.29, 1.82) is 0 Å². The summed E-state index contributed by atoms with van der Waals surface area (Å²) in [5.74, 6) is -0.359. The van der Waals surface area contributed by atoms with E-state index in [0.29, 0.717) is 17.9 Å². The minimum Gasteiger partial charge on any atom is -0.463 e. The lowest BCUT2D eigenvalue weighted by Gasteiger charge is -2.53. The van der Waals surface area contributed by atoms with Crippen LogP contribution in [-0.2, 0) is 9.53 Å². The van der Waals surface area contributed by atoms with Crippen LogP contribution < -0.4 is 11.4 Å². The van der Waals surface area contributed by atoms with E-state index < -0.39 is 0 Å². The number of carbonyl (C=O) groups excluding carboxylic acids is 1. The van der Waals surface area contributed by atoms with Crippen molar-refractivity contribution in [3.63, 3.8) is 0 Å². The number of esters is 1. The fraction of sp³-hybridized carbons (Fsp3) is 0.381. The van der Waals surface area contributed by atoms with Crippen LogP contribution in [0.1, 0.15) is 32.4 Å². The second-order valence-electron chi connectivity index (χ2n) is 7.36. The number of hydrogen-bond acceptors (Lipinski definition) is 4. The van der Waals surface area contributed by atoms with Crippen molar-refractivity contribution in [2.45, 2.75) is 32.4 Å². The Kier molecular flexibility index (Phi) is 3.62. The molecule has 4 atom stereocenters. The Bertz CT molecular complexity index is 1150. The van der Waals surface area contributed by atoms with Crippen LogP contribution in [0.2, 0.25) is 0 Å². The van der Waals surface area contributed by atoms with Gasteiger partial charge < -0.3 is 4.74 Å². The van der Waals surface area contributed by atoms with Gasteiger partial charge in [-0.05, 0) is 25.5 Å². The maximum absolute atomic E-state index is 13.2. The van der Waals surface area contributed by atoms with Crippen LogP contribution in [-0.4, -0.2) is 26.5 Å². The molecule has 2 aromatic rings. The number of aromatic nitrogens is 3. The lowest BCUT2D eigenvalue weighted by Crippen LogP contribution is -2.55. The number of allylic oxidation sites excluding steroid dienone is 3. The summed E-state index contributed by atoms with van der Waals surface area (Å²) in [5, 5.41) is 0. The lowest BCUT2D eigenvalue weighted by molar-refractivity contribution is -0.141. The third-order valence-corrected chi connectivity index (χ3v) is 6.17.